The lowest BCUT2D eigenvalue weighted by molar-refractivity contribution is -0.117. The minimum absolute atomic E-state index is 0.0454. The van der Waals surface area contributed by atoms with E-state index in [2.05, 4.69) is 10.4 Å². The molecule has 1 aromatic heterocycles. The quantitative estimate of drug-likeness (QED) is 0.512. The van der Waals surface area contributed by atoms with E-state index < -0.39 is 0 Å². The third kappa shape index (κ3) is 4.75. The molecule has 0 atom stereocenters. The number of benzene rings is 2. The number of Topliss-reactive ketones (excluding diaryl/α,β-unsaturated/α-hetero) is 1. The van der Waals surface area contributed by atoms with Crippen LogP contribution in [-0.4, -0.2) is 27.7 Å². The Hall–Kier alpha value is -3.19. The van der Waals surface area contributed by atoms with E-state index in [0.29, 0.717) is 16.9 Å². The second kappa shape index (κ2) is 8.67. The van der Waals surface area contributed by atoms with E-state index >= 15 is 0 Å². The largest absolute Gasteiger partial charge is 0.324 e. The van der Waals surface area contributed by atoms with Crippen LogP contribution in [0.3, 0.4) is 0 Å². The predicted molar refractivity (Wildman–Crippen MR) is 111 cm³/mol. The Morgan fingerprint density at radius 2 is 1.68 bits per heavy atom. The maximum atomic E-state index is 12.3. The van der Waals surface area contributed by atoms with E-state index in [4.69, 9.17) is 0 Å². The molecule has 0 saturated heterocycles. The molecule has 3 aromatic rings. The van der Waals surface area contributed by atoms with E-state index in [9.17, 15) is 14.4 Å². The van der Waals surface area contributed by atoms with E-state index in [1.54, 1.807) is 42.1 Å². The monoisotopic (exact) mass is 393 g/mol. The second-order valence-electron chi connectivity index (χ2n) is 6.12. The number of aromatic nitrogens is 2. The fourth-order valence-corrected chi connectivity index (χ4v) is 3.01. The van der Waals surface area contributed by atoms with Crippen molar-refractivity contribution in [1.29, 1.82) is 0 Å². The molecule has 28 heavy (non-hydrogen) atoms. The molecule has 0 radical (unpaired) electrons. The summed E-state index contributed by atoms with van der Waals surface area (Å²) in [4.78, 5) is 36.8. The summed E-state index contributed by atoms with van der Waals surface area (Å²) < 4.78 is 1.14. The molecule has 0 fully saturated rings. The van der Waals surface area contributed by atoms with Gasteiger partial charge in [-0.1, -0.05) is 12.1 Å². The third-order valence-corrected chi connectivity index (χ3v) is 4.86. The summed E-state index contributed by atoms with van der Waals surface area (Å²) in [6.07, 6.45) is 2.00. The Bertz CT molecular complexity index is 1060. The fourth-order valence-electron chi connectivity index (χ4n) is 2.60. The second-order valence-corrected chi connectivity index (χ2v) is 7.00. The van der Waals surface area contributed by atoms with Crippen LogP contribution in [0.1, 0.15) is 17.3 Å². The Labute approximate surface area is 166 Å². The number of ketones is 1. The van der Waals surface area contributed by atoms with Crippen LogP contribution in [0.5, 0.6) is 0 Å². The molecule has 1 heterocycles. The SMILES string of the molecule is CSc1ccc(-c2ccc(=O)n(CC(=O)Nc3ccc(C(C)=O)cc3)n2)cc1. The van der Waals surface area contributed by atoms with Crippen molar-refractivity contribution < 1.29 is 9.59 Å². The number of nitrogens with one attached hydrogen (secondary N) is 1. The third-order valence-electron chi connectivity index (χ3n) is 4.12. The summed E-state index contributed by atoms with van der Waals surface area (Å²) in [6.45, 7) is 1.28. The molecule has 7 heteroatoms. The normalized spacial score (nSPS) is 10.5. The van der Waals surface area contributed by atoms with Gasteiger partial charge in [0.25, 0.3) is 5.56 Å². The zero-order valence-electron chi connectivity index (χ0n) is 15.5. The molecule has 0 spiro atoms. The van der Waals surface area contributed by atoms with Crippen LogP contribution in [0.25, 0.3) is 11.3 Å². The van der Waals surface area contributed by atoms with Crippen LogP contribution < -0.4 is 10.9 Å². The van der Waals surface area contributed by atoms with Crippen molar-refractivity contribution in [1.82, 2.24) is 9.78 Å². The maximum absolute atomic E-state index is 12.3. The first-order valence-corrected chi connectivity index (χ1v) is 9.82. The van der Waals surface area contributed by atoms with Crippen molar-refractivity contribution in [2.45, 2.75) is 18.4 Å². The van der Waals surface area contributed by atoms with Crippen LogP contribution in [0.15, 0.2) is 70.4 Å². The number of hydrogen-bond donors (Lipinski definition) is 1. The molecule has 6 nitrogen and oxygen atoms in total. The molecule has 142 valence electrons. The molecule has 0 saturated carbocycles. The van der Waals surface area contributed by atoms with Crippen LogP contribution in [0.4, 0.5) is 5.69 Å². The van der Waals surface area contributed by atoms with E-state index in [1.165, 1.54) is 13.0 Å². The topological polar surface area (TPSA) is 81.1 Å². The van der Waals surface area contributed by atoms with E-state index in [-0.39, 0.29) is 23.8 Å². The average Bonchev–Trinajstić information content (AvgIpc) is 2.70. The molecule has 3 rings (SSSR count). The highest BCUT2D eigenvalue weighted by atomic mass is 32.2. The van der Waals surface area contributed by atoms with Gasteiger partial charge in [0.1, 0.15) is 6.54 Å². The average molecular weight is 393 g/mol. The zero-order chi connectivity index (χ0) is 20.1. The molecular weight excluding hydrogens is 374 g/mol. The lowest BCUT2D eigenvalue weighted by Gasteiger charge is -2.09. The number of thioether (sulfide) groups is 1. The first-order chi connectivity index (χ1) is 13.5. The Morgan fingerprint density at radius 1 is 1.00 bits per heavy atom. The highest BCUT2D eigenvalue weighted by Gasteiger charge is 2.09. The number of hydrogen-bond acceptors (Lipinski definition) is 5. The smallest absolute Gasteiger partial charge is 0.267 e. The lowest BCUT2D eigenvalue weighted by atomic mass is 10.1. The van der Waals surface area contributed by atoms with Gasteiger partial charge in [-0.3, -0.25) is 14.4 Å². The number of rotatable bonds is 6. The first-order valence-electron chi connectivity index (χ1n) is 8.60. The van der Waals surface area contributed by atoms with Crippen molar-refractivity contribution in [3.63, 3.8) is 0 Å². The van der Waals surface area contributed by atoms with Gasteiger partial charge in [0.2, 0.25) is 5.91 Å². The minimum Gasteiger partial charge on any atom is -0.324 e. The van der Waals surface area contributed by atoms with Gasteiger partial charge >= 0.3 is 0 Å². The van der Waals surface area contributed by atoms with Crippen molar-refractivity contribution in [3.8, 4) is 11.3 Å². The highest BCUT2D eigenvalue weighted by molar-refractivity contribution is 7.98. The van der Waals surface area contributed by atoms with Crippen molar-refractivity contribution in [3.05, 3.63) is 76.6 Å². The standard InChI is InChI=1S/C21H19N3O3S/c1-14(25)15-3-7-17(8-4-15)22-20(26)13-24-21(27)12-11-19(23-24)16-5-9-18(28-2)10-6-16/h3-12H,13H2,1-2H3,(H,22,26). The zero-order valence-corrected chi connectivity index (χ0v) is 16.3. The van der Waals surface area contributed by atoms with Crippen LogP contribution in [0, 0.1) is 0 Å². The van der Waals surface area contributed by atoms with Gasteiger partial charge in [-0.05, 0) is 55.6 Å². The van der Waals surface area contributed by atoms with Gasteiger partial charge in [0, 0.05) is 27.8 Å². The highest BCUT2D eigenvalue weighted by Crippen LogP contribution is 2.20. The molecule has 2 aromatic carbocycles. The van der Waals surface area contributed by atoms with E-state index in [1.807, 2.05) is 30.5 Å². The summed E-state index contributed by atoms with van der Waals surface area (Å²) >= 11 is 1.64. The number of carbonyl (C=O) groups excluding carboxylic acids is 2. The molecular formula is C21H19N3O3S. The van der Waals surface area contributed by atoms with Gasteiger partial charge in [0.05, 0.1) is 5.69 Å². The van der Waals surface area contributed by atoms with Gasteiger partial charge in [-0.2, -0.15) is 5.10 Å². The molecule has 0 bridgehead atoms. The summed E-state index contributed by atoms with van der Waals surface area (Å²) in [5.41, 5.74) is 2.24. The van der Waals surface area contributed by atoms with Crippen molar-refractivity contribution >= 4 is 29.1 Å². The predicted octanol–water partition coefficient (Wildman–Crippen LogP) is 3.47. The van der Waals surface area contributed by atoms with Crippen LogP contribution in [0.2, 0.25) is 0 Å². The Kier molecular flexibility index (Phi) is 6.06. The summed E-state index contributed by atoms with van der Waals surface area (Å²) in [7, 11) is 0. The Morgan fingerprint density at radius 3 is 2.29 bits per heavy atom. The molecule has 1 N–H and O–H groups in total. The number of carbonyl (C=O) groups is 2. The van der Waals surface area contributed by atoms with Gasteiger partial charge < -0.3 is 5.32 Å². The molecule has 0 aliphatic rings. The molecule has 1 amide bonds. The van der Waals surface area contributed by atoms with Crippen LogP contribution >= 0.6 is 11.8 Å². The molecule has 0 unspecified atom stereocenters. The maximum Gasteiger partial charge on any atom is 0.267 e. The van der Waals surface area contributed by atoms with Crippen molar-refractivity contribution in [2.24, 2.45) is 0 Å². The number of anilines is 1. The van der Waals surface area contributed by atoms with Crippen LogP contribution in [-0.2, 0) is 11.3 Å². The number of amides is 1. The molecule has 0 aliphatic heterocycles. The minimum atomic E-state index is -0.375. The van der Waals surface area contributed by atoms with Gasteiger partial charge in [-0.25, -0.2) is 4.68 Å². The summed E-state index contributed by atoms with van der Waals surface area (Å²) in [5, 5.41) is 7.01. The van der Waals surface area contributed by atoms with Gasteiger partial charge in [-0.15, -0.1) is 11.8 Å². The first kappa shape index (κ1) is 19.6. The summed E-state index contributed by atoms with van der Waals surface area (Å²) in [5.74, 6) is -0.420. The fraction of sp³-hybridized carbons (Fsp3) is 0.143. The Balaban J connectivity index is 1.74. The molecule has 0 aliphatic carbocycles. The summed E-state index contributed by atoms with van der Waals surface area (Å²) in [6, 6.07) is 17.4. The van der Waals surface area contributed by atoms with E-state index in [0.717, 1.165) is 15.1 Å². The van der Waals surface area contributed by atoms with Crippen molar-refractivity contribution in [2.75, 3.05) is 11.6 Å². The van der Waals surface area contributed by atoms with Gasteiger partial charge in [0.15, 0.2) is 5.78 Å². The number of nitrogens with zero attached hydrogens (tertiary/aromatic N) is 2. The lowest BCUT2D eigenvalue weighted by Crippen LogP contribution is -2.29.